The van der Waals surface area contributed by atoms with E-state index in [2.05, 4.69) is 0 Å². The van der Waals surface area contributed by atoms with Crippen LogP contribution in [-0.4, -0.2) is 46.3 Å². The number of rotatable bonds is 2. The Morgan fingerprint density at radius 3 is 2.67 bits per heavy atom. The average molecular weight is 316 g/mol. The van der Waals surface area contributed by atoms with Crippen LogP contribution >= 0.6 is 11.6 Å². The molecule has 1 aliphatic carbocycles. The third kappa shape index (κ3) is 3.54. The third-order valence-corrected chi connectivity index (χ3v) is 4.31. The summed E-state index contributed by atoms with van der Waals surface area (Å²) in [7, 11) is 1.57. The van der Waals surface area contributed by atoms with Gasteiger partial charge in [-0.25, -0.2) is 4.39 Å². The fraction of sp³-hybridized carbons (Fsp3) is 0.533. The highest BCUT2D eigenvalue weighted by Crippen LogP contribution is 2.24. The molecule has 21 heavy (non-hydrogen) atoms. The summed E-state index contributed by atoms with van der Waals surface area (Å²) < 4.78 is 13.2. The van der Waals surface area contributed by atoms with Crippen LogP contribution in [0.4, 0.5) is 4.39 Å². The van der Waals surface area contributed by atoms with Crippen molar-refractivity contribution in [1.29, 1.82) is 0 Å². The normalized spacial score (nSPS) is 26.2. The molecule has 1 aromatic rings. The molecule has 2 N–H and O–H groups in total. The fourth-order valence-corrected chi connectivity index (χ4v) is 2.89. The van der Waals surface area contributed by atoms with E-state index in [4.69, 9.17) is 11.6 Å². The lowest BCUT2D eigenvalue weighted by atomic mass is 10.0. The zero-order valence-electron chi connectivity index (χ0n) is 11.8. The van der Waals surface area contributed by atoms with Gasteiger partial charge in [0.15, 0.2) is 0 Å². The zero-order chi connectivity index (χ0) is 15.6. The maximum absolute atomic E-state index is 13.2. The molecule has 0 radical (unpaired) electrons. The van der Waals surface area contributed by atoms with Gasteiger partial charge in [-0.05, 0) is 31.0 Å². The number of amides is 1. The molecule has 116 valence electrons. The van der Waals surface area contributed by atoms with E-state index in [0.29, 0.717) is 12.8 Å². The summed E-state index contributed by atoms with van der Waals surface area (Å²) in [6.07, 6.45) is 0.999. The van der Waals surface area contributed by atoms with Crippen LogP contribution in [0.3, 0.4) is 0 Å². The van der Waals surface area contributed by atoms with Gasteiger partial charge in [0.2, 0.25) is 0 Å². The Kier molecular flexibility index (Phi) is 5.19. The van der Waals surface area contributed by atoms with Gasteiger partial charge in [0, 0.05) is 12.6 Å². The predicted molar refractivity (Wildman–Crippen MR) is 77.8 cm³/mol. The lowest BCUT2D eigenvalue weighted by molar-refractivity contribution is -0.0255. The number of likely N-dealkylation sites (N-methyl/N-ethyl adjacent to an activating group) is 1. The molecule has 0 bridgehead atoms. The highest BCUT2D eigenvalue weighted by atomic mass is 35.5. The summed E-state index contributed by atoms with van der Waals surface area (Å²) in [4.78, 5) is 13.8. The minimum Gasteiger partial charge on any atom is -0.390 e. The molecule has 0 aromatic heterocycles. The average Bonchev–Trinajstić information content (AvgIpc) is 2.63. The first-order valence-electron chi connectivity index (χ1n) is 7.00. The number of benzene rings is 1. The topological polar surface area (TPSA) is 60.8 Å². The maximum atomic E-state index is 13.2. The van der Waals surface area contributed by atoms with Crippen LogP contribution in [0.5, 0.6) is 0 Å². The first-order chi connectivity index (χ1) is 9.91. The number of hydrogen-bond donors (Lipinski definition) is 2. The minimum absolute atomic E-state index is 0.115. The van der Waals surface area contributed by atoms with Gasteiger partial charge in [-0.2, -0.15) is 0 Å². The van der Waals surface area contributed by atoms with Crippen LogP contribution in [-0.2, 0) is 0 Å². The van der Waals surface area contributed by atoms with Crippen molar-refractivity contribution in [1.82, 2.24) is 4.90 Å². The monoisotopic (exact) mass is 315 g/mol. The Bertz CT molecular complexity index is 526. The molecule has 1 fully saturated rings. The number of aliphatic hydroxyl groups excluding tert-OH is 2. The summed E-state index contributed by atoms with van der Waals surface area (Å²) >= 11 is 5.69. The number of carbonyl (C=O) groups is 1. The van der Waals surface area contributed by atoms with E-state index in [0.717, 1.165) is 18.9 Å². The Morgan fingerprint density at radius 1 is 1.33 bits per heavy atom. The fourth-order valence-electron chi connectivity index (χ4n) is 2.71. The maximum Gasteiger partial charge on any atom is 0.253 e. The molecule has 1 saturated carbocycles. The zero-order valence-corrected chi connectivity index (χ0v) is 12.6. The highest BCUT2D eigenvalue weighted by molar-refractivity contribution is 6.31. The molecule has 3 atom stereocenters. The van der Waals surface area contributed by atoms with Crippen molar-refractivity contribution in [2.45, 2.75) is 43.9 Å². The molecule has 2 rings (SSSR count). The summed E-state index contributed by atoms with van der Waals surface area (Å²) in [5, 5.41) is 19.9. The van der Waals surface area contributed by atoms with Gasteiger partial charge in [0.25, 0.3) is 5.91 Å². The quantitative estimate of drug-likeness (QED) is 0.823. The van der Waals surface area contributed by atoms with Crippen molar-refractivity contribution in [3.05, 3.63) is 34.6 Å². The first kappa shape index (κ1) is 16.2. The number of aliphatic hydroxyl groups is 2. The van der Waals surface area contributed by atoms with Crippen LogP contribution in [0.2, 0.25) is 5.02 Å². The summed E-state index contributed by atoms with van der Waals surface area (Å²) in [6, 6.07) is 3.31. The Morgan fingerprint density at radius 2 is 2.00 bits per heavy atom. The molecule has 0 heterocycles. The standard InChI is InChI=1S/C15H19ClFNO3/c1-18(12-4-2-3-5-13(19)14(12)20)15(21)9-6-7-11(17)10(16)8-9/h6-8,12-14,19-20H,2-5H2,1H3/t12-,13-,14-/m1/s1. The molecular weight excluding hydrogens is 297 g/mol. The largest absolute Gasteiger partial charge is 0.390 e. The summed E-state index contributed by atoms with van der Waals surface area (Å²) in [5.74, 6) is -0.934. The summed E-state index contributed by atoms with van der Waals surface area (Å²) in [6.45, 7) is 0. The molecule has 1 aromatic carbocycles. The number of carbonyl (C=O) groups excluding carboxylic acids is 1. The van der Waals surface area contributed by atoms with Crippen molar-refractivity contribution in [2.75, 3.05) is 7.05 Å². The van der Waals surface area contributed by atoms with E-state index in [1.165, 1.54) is 17.0 Å². The number of halogens is 2. The Labute approximate surface area is 128 Å². The Balaban J connectivity index is 2.19. The number of hydrogen-bond acceptors (Lipinski definition) is 3. The predicted octanol–water partition coefficient (Wildman–Crippen LogP) is 2.22. The van der Waals surface area contributed by atoms with Crippen LogP contribution < -0.4 is 0 Å². The van der Waals surface area contributed by atoms with E-state index >= 15 is 0 Å². The van der Waals surface area contributed by atoms with Crippen LogP contribution in [0.25, 0.3) is 0 Å². The van der Waals surface area contributed by atoms with Crippen LogP contribution in [0.15, 0.2) is 18.2 Å². The molecule has 4 nitrogen and oxygen atoms in total. The minimum atomic E-state index is -0.975. The van der Waals surface area contributed by atoms with E-state index in [9.17, 15) is 19.4 Å². The third-order valence-electron chi connectivity index (χ3n) is 4.02. The molecule has 6 heteroatoms. The second kappa shape index (κ2) is 6.73. The highest BCUT2D eigenvalue weighted by Gasteiger charge is 2.33. The molecule has 1 amide bonds. The Hall–Kier alpha value is -1.17. The molecule has 0 aliphatic heterocycles. The van der Waals surface area contributed by atoms with Gasteiger partial charge in [-0.15, -0.1) is 0 Å². The second-order valence-electron chi connectivity index (χ2n) is 5.45. The van der Waals surface area contributed by atoms with E-state index in [1.807, 2.05) is 0 Å². The lowest BCUT2D eigenvalue weighted by Gasteiger charge is -2.32. The molecule has 1 aliphatic rings. The SMILES string of the molecule is CN(C(=O)c1ccc(F)c(Cl)c1)[C@@H]1CCCC[C@@H](O)[C@@H]1O. The van der Waals surface area contributed by atoms with Crippen LogP contribution in [0.1, 0.15) is 36.0 Å². The van der Waals surface area contributed by atoms with E-state index in [1.54, 1.807) is 7.05 Å². The summed E-state index contributed by atoms with van der Waals surface area (Å²) in [5.41, 5.74) is 0.259. The molecule has 0 saturated heterocycles. The van der Waals surface area contributed by atoms with Crippen molar-refractivity contribution >= 4 is 17.5 Å². The first-order valence-corrected chi connectivity index (χ1v) is 7.38. The van der Waals surface area contributed by atoms with Gasteiger partial charge in [-0.1, -0.05) is 24.4 Å². The molecule has 0 spiro atoms. The number of nitrogens with zero attached hydrogens (tertiary/aromatic N) is 1. The van der Waals surface area contributed by atoms with E-state index in [-0.39, 0.29) is 16.5 Å². The van der Waals surface area contributed by atoms with Gasteiger partial charge in [0.1, 0.15) is 11.9 Å². The van der Waals surface area contributed by atoms with Gasteiger partial charge < -0.3 is 15.1 Å². The van der Waals surface area contributed by atoms with Gasteiger partial charge >= 0.3 is 0 Å². The molecular formula is C15H19ClFNO3. The van der Waals surface area contributed by atoms with Gasteiger partial charge in [-0.3, -0.25) is 4.79 Å². The van der Waals surface area contributed by atoms with Gasteiger partial charge in [0.05, 0.1) is 17.2 Å². The van der Waals surface area contributed by atoms with E-state index < -0.39 is 24.1 Å². The second-order valence-corrected chi connectivity index (χ2v) is 5.86. The van der Waals surface area contributed by atoms with Crippen molar-refractivity contribution < 1.29 is 19.4 Å². The van der Waals surface area contributed by atoms with Crippen molar-refractivity contribution in [3.63, 3.8) is 0 Å². The van der Waals surface area contributed by atoms with Crippen molar-refractivity contribution in [3.8, 4) is 0 Å². The van der Waals surface area contributed by atoms with Crippen molar-refractivity contribution in [2.24, 2.45) is 0 Å². The van der Waals surface area contributed by atoms with Crippen LogP contribution in [0, 0.1) is 5.82 Å². The molecule has 0 unspecified atom stereocenters. The lowest BCUT2D eigenvalue weighted by Crippen LogP contribution is -2.48. The smallest absolute Gasteiger partial charge is 0.253 e.